The molecule has 1 N–H and O–H groups in total. The molecule has 0 rings (SSSR count). The molecule has 0 aliphatic carbocycles. The van der Waals surface area contributed by atoms with Gasteiger partial charge in [0.05, 0.1) is 7.11 Å². The van der Waals surface area contributed by atoms with Crippen LogP contribution in [0.4, 0.5) is 4.79 Å². The van der Waals surface area contributed by atoms with Crippen molar-refractivity contribution in [1.29, 1.82) is 0 Å². The van der Waals surface area contributed by atoms with Gasteiger partial charge in [0.2, 0.25) is 0 Å². The fourth-order valence-electron chi connectivity index (χ4n) is 0.101. The molecule has 0 bridgehead atoms. The third kappa shape index (κ3) is 3.52. The summed E-state index contributed by atoms with van der Waals surface area (Å²) < 4.78 is 17.5. The minimum Gasteiger partial charge on any atom is -0.447 e. The van der Waals surface area contributed by atoms with E-state index in [0.717, 1.165) is 7.11 Å². The molecule has 1 unspecified atom stereocenters. The van der Waals surface area contributed by atoms with Gasteiger partial charge in [0.1, 0.15) is 0 Å². The van der Waals surface area contributed by atoms with E-state index in [9.17, 15) is 9.36 Å². The Bertz CT molecular complexity index is 109. The molecule has 46 valence electrons. The van der Waals surface area contributed by atoms with Gasteiger partial charge in [0.15, 0.2) is 0 Å². The number of hydrogen-bond acceptors (Lipinski definition) is 4. The Balaban J connectivity index is 3.40. The molecule has 0 aliphatic rings. The normalized spacial score (nSPS) is 10.4. The van der Waals surface area contributed by atoms with Crippen LogP contribution in [-0.2, 0) is 13.6 Å². The lowest BCUT2D eigenvalue weighted by atomic mass is 11.5. The molecule has 0 heterocycles. The van der Waals surface area contributed by atoms with Gasteiger partial charge >= 0.3 is 14.4 Å². The van der Waals surface area contributed by atoms with Crippen molar-refractivity contribution in [3.05, 3.63) is 0 Å². The van der Waals surface area contributed by atoms with Crippen LogP contribution >= 0.6 is 8.25 Å². The summed E-state index contributed by atoms with van der Waals surface area (Å²) in [5.41, 5.74) is 0. The second-order valence-corrected chi connectivity index (χ2v) is 1.76. The average Bonchev–Trinajstić information content (AvgIpc) is 1.65. The summed E-state index contributed by atoms with van der Waals surface area (Å²) >= 11 is 0. The van der Waals surface area contributed by atoms with E-state index in [1.54, 1.807) is 0 Å². The lowest BCUT2D eigenvalue weighted by Gasteiger charge is -1.74. The van der Waals surface area contributed by atoms with Gasteiger partial charge in [-0.25, -0.2) is 0 Å². The van der Waals surface area contributed by atoms with Gasteiger partial charge in [-0.2, -0.15) is 4.79 Å². The van der Waals surface area contributed by atoms with Gasteiger partial charge in [0, 0.05) is 4.57 Å². The lowest BCUT2D eigenvalue weighted by Crippen LogP contribution is -1.91. The van der Waals surface area contributed by atoms with Gasteiger partial charge < -0.3 is 5.11 Å². The second-order valence-electron chi connectivity index (χ2n) is 0.763. The maximum Gasteiger partial charge on any atom is 0.756 e. The zero-order valence-corrected chi connectivity index (χ0v) is 4.92. The molecular formula is C2H4O5P+. The smallest absolute Gasteiger partial charge is 0.447 e. The van der Waals surface area contributed by atoms with E-state index < -0.39 is 14.4 Å². The number of rotatable bonds is 2. The number of carbonyl (C=O) groups is 1. The summed E-state index contributed by atoms with van der Waals surface area (Å²) in [6, 6.07) is 0. The highest BCUT2D eigenvalue weighted by Crippen LogP contribution is 2.20. The summed E-state index contributed by atoms with van der Waals surface area (Å²) in [7, 11) is -1.38. The van der Waals surface area contributed by atoms with Crippen LogP contribution in [0.2, 0.25) is 0 Å². The molecule has 0 radical (unpaired) electrons. The fraction of sp³-hybridized carbons (Fsp3) is 0.500. The third-order valence-corrected chi connectivity index (χ3v) is 0.905. The first-order valence-electron chi connectivity index (χ1n) is 1.59. The van der Waals surface area contributed by atoms with Crippen molar-refractivity contribution in [3.63, 3.8) is 0 Å². The topological polar surface area (TPSA) is 72.8 Å². The average molecular weight is 139 g/mol. The van der Waals surface area contributed by atoms with Crippen LogP contribution < -0.4 is 0 Å². The molecule has 0 saturated heterocycles. The summed E-state index contributed by atoms with van der Waals surface area (Å²) in [5, 5.41) is 7.73. The molecule has 0 aromatic carbocycles. The van der Waals surface area contributed by atoms with Crippen molar-refractivity contribution in [3.8, 4) is 0 Å². The highest BCUT2D eigenvalue weighted by Gasteiger charge is 2.22. The minimum absolute atomic E-state index is 1.08. The summed E-state index contributed by atoms with van der Waals surface area (Å²) in [5.74, 6) is 0. The fourth-order valence-corrected chi connectivity index (χ4v) is 0.303. The first-order valence-corrected chi connectivity index (χ1v) is 2.68. The zero-order chi connectivity index (χ0) is 6.57. The molecular weight excluding hydrogens is 135 g/mol. The Labute approximate surface area is 46.2 Å². The molecule has 0 saturated carbocycles. The van der Waals surface area contributed by atoms with Crippen LogP contribution in [0.5, 0.6) is 0 Å². The van der Waals surface area contributed by atoms with E-state index in [1.165, 1.54) is 0 Å². The van der Waals surface area contributed by atoms with Crippen LogP contribution in [0, 0.1) is 0 Å². The Hall–Kier alpha value is -0.670. The molecule has 0 aromatic heterocycles. The van der Waals surface area contributed by atoms with Crippen LogP contribution in [0.1, 0.15) is 0 Å². The number of hydrogen-bond donors (Lipinski definition) is 1. The van der Waals surface area contributed by atoms with E-state index in [0.29, 0.717) is 0 Å². The first kappa shape index (κ1) is 7.33. The zero-order valence-electron chi connectivity index (χ0n) is 4.03. The maximum atomic E-state index is 9.95. The largest absolute Gasteiger partial charge is 0.756 e. The predicted molar refractivity (Wildman–Crippen MR) is 23.7 cm³/mol. The van der Waals surface area contributed by atoms with Crippen LogP contribution in [-0.4, -0.2) is 18.4 Å². The number of carboxylic acid groups (broad SMARTS) is 1. The second kappa shape index (κ2) is 3.35. The van der Waals surface area contributed by atoms with Crippen molar-refractivity contribution in [2.75, 3.05) is 7.11 Å². The van der Waals surface area contributed by atoms with E-state index >= 15 is 0 Å². The van der Waals surface area contributed by atoms with Crippen LogP contribution in [0.15, 0.2) is 0 Å². The van der Waals surface area contributed by atoms with Gasteiger partial charge in [-0.1, -0.05) is 0 Å². The highest BCUT2D eigenvalue weighted by atomic mass is 31.1. The van der Waals surface area contributed by atoms with Gasteiger partial charge in [-0.3, -0.25) is 0 Å². The van der Waals surface area contributed by atoms with Crippen molar-refractivity contribution in [2.45, 2.75) is 0 Å². The Morgan fingerprint density at radius 1 is 1.75 bits per heavy atom. The highest BCUT2D eigenvalue weighted by molar-refractivity contribution is 7.33. The summed E-state index contributed by atoms with van der Waals surface area (Å²) in [6.45, 7) is 0. The van der Waals surface area contributed by atoms with E-state index in [1.807, 2.05) is 0 Å². The molecule has 8 heavy (non-hydrogen) atoms. The first-order chi connectivity index (χ1) is 3.66. The van der Waals surface area contributed by atoms with Gasteiger partial charge in [-0.15, -0.1) is 9.05 Å². The van der Waals surface area contributed by atoms with Crippen molar-refractivity contribution in [1.82, 2.24) is 0 Å². The van der Waals surface area contributed by atoms with E-state index in [-0.39, 0.29) is 0 Å². The minimum atomic E-state index is -2.47. The third-order valence-electron chi connectivity index (χ3n) is 0.302. The predicted octanol–water partition coefficient (Wildman–Crippen LogP) is 0.985. The van der Waals surface area contributed by atoms with Crippen molar-refractivity contribution < 1.29 is 23.5 Å². The van der Waals surface area contributed by atoms with E-state index in [4.69, 9.17) is 5.11 Å². The molecule has 5 nitrogen and oxygen atoms in total. The Morgan fingerprint density at radius 2 is 2.25 bits per heavy atom. The molecule has 0 fully saturated rings. The standard InChI is InChI=1S/C2H3O5P/c1-6-8(5)7-2(3)4/h1H3/p+1. The molecule has 6 heteroatoms. The Kier molecular flexibility index (Phi) is 3.07. The van der Waals surface area contributed by atoms with Crippen LogP contribution in [0.25, 0.3) is 0 Å². The molecule has 0 amide bonds. The summed E-state index contributed by atoms with van der Waals surface area (Å²) in [6.07, 6.45) is -1.60. The summed E-state index contributed by atoms with van der Waals surface area (Å²) in [4.78, 5) is 9.48. The SMILES string of the molecule is CO[P+](=O)OC(=O)O. The monoisotopic (exact) mass is 139 g/mol. The quantitative estimate of drug-likeness (QED) is 0.577. The van der Waals surface area contributed by atoms with Crippen LogP contribution in [0.3, 0.4) is 0 Å². The molecule has 1 atom stereocenters. The van der Waals surface area contributed by atoms with E-state index in [2.05, 4.69) is 9.05 Å². The Morgan fingerprint density at radius 3 is 2.38 bits per heavy atom. The van der Waals surface area contributed by atoms with Crippen molar-refractivity contribution >= 4 is 14.4 Å². The molecule has 0 spiro atoms. The molecule has 0 aromatic rings. The molecule has 0 aliphatic heterocycles. The van der Waals surface area contributed by atoms with Gasteiger partial charge in [0.25, 0.3) is 0 Å². The lowest BCUT2D eigenvalue weighted by molar-refractivity contribution is 0.140. The maximum absolute atomic E-state index is 9.95. The van der Waals surface area contributed by atoms with Gasteiger partial charge in [-0.05, 0) is 0 Å². The van der Waals surface area contributed by atoms with Crippen molar-refractivity contribution in [2.24, 2.45) is 0 Å².